The van der Waals surface area contributed by atoms with E-state index >= 15 is 0 Å². The molecular weight excluding hydrogens is 280 g/mol. The summed E-state index contributed by atoms with van der Waals surface area (Å²) in [6.07, 6.45) is 0.262. The number of aliphatic hydroxyl groups is 1. The van der Waals surface area contributed by atoms with Crippen LogP contribution in [0, 0.1) is 0 Å². The molecule has 0 bridgehead atoms. The van der Waals surface area contributed by atoms with Gasteiger partial charge in [-0.3, -0.25) is 0 Å². The average molecular weight is 304 g/mol. The lowest BCUT2D eigenvalue weighted by Gasteiger charge is -2.30. The Kier molecular flexibility index (Phi) is 6.74. The van der Waals surface area contributed by atoms with E-state index in [1.165, 1.54) is 0 Å². The Morgan fingerprint density at radius 3 is 2.05 bits per heavy atom. The van der Waals surface area contributed by atoms with Gasteiger partial charge in [-0.25, -0.2) is 9.59 Å². The molecule has 1 aliphatic rings. The predicted octanol–water partition coefficient (Wildman–Crippen LogP) is 2.39. The summed E-state index contributed by atoms with van der Waals surface area (Å²) in [4.78, 5) is 23.1. The Labute approximate surface area is 124 Å². The molecule has 2 atom stereocenters. The van der Waals surface area contributed by atoms with Crippen LogP contribution in [0.3, 0.4) is 0 Å². The third-order valence-corrected chi connectivity index (χ3v) is 2.84. The molecule has 1 rings (SSSR count). The predicted molar refractivity (Wildman–Crippen MR) is 72.9 cm³/mol. The zero-order chi connectivity index (χ0) is 15.9. The number of carbonyl (C=O) groups excluding carboxylic acids is 2. The number of ether oxygens (including phenoxy) is 4. The van der Waals surface area contributed by atoms with Crippen molar-refractivity contribution in [2.75, 3.05) is 13.2 Å². The Bertz CT molecular complexity index is 348. The summed E-state index contributed by atoms with van der Waals surface area (Å²) in [6, 6.07) is 0. The van der Waals surface area contributed by atoms with Crippen molar-refractivity contribution in [2.45, 2.75) is 64.3 Å². The molecule has 0 radical (unpaired) electrons. The van der Waals surface area contributed by atoms with E-state index < -0.39 is 30.1 Å². The zero-order valence-corrected chi connectivity index (χ0v) is 12.8. The van der Waals surface area contributed by atoms with E-state index in [2.05, 4.69) is 4.74 Å². The summed E-state index contributed by atoms with van der Waals surface area (Å²) in [5.41, 5.74) is -0.637. The van der Waals surface area contributed by atoms with Crippen molar-refractivity contribution in [3.05, 3.63) is 0 Å². The van der Waals surface area contributed by atoms with Crippen LogP contribution in [-0.4, -0.2) is 48.4 Å². The fourth-order valence-electron chi connectivity index (χ4n) is 2.02. The lowest BCUT2D eigenvalue weighted by Crippen LogP contribution is -2.39. The fourth-order valence-corrected chi connectivity index (χ4v) is 2.02. The molecule has 0 spiro atoms. The van der Waals surface area contributed by atoms with Crippen LogP contribution in [-0.2, 0) is 18.9 Å². The van der Waals surface area contributed by atoms with Crippen LogP contribution < -0.4 is 0 Å². The van der Waals surface area contributed by atoms with Gasteiger partial charge in [0.1, 0.15) is 24.4 Å². The molecule has 0 amide bonds. The van der Waals surface area contributed by atoms with Crippen molar-refractivity contribution in [3.8, 4) is 0 Å². The van der Waals surface area contributed by atoms with E-state index in [4.69, 9.17) is 19.3 Å². The molecule has 0 aromatic rings. The minimum atomic E-state index is -0.867. The molecule has 0 heterocycles. The lowest BCUT2D eigenvalue weighted by molar-refractivity contribution is -0.0860. The highest BCUT2D eigenvalue weighted by Gasteiger charge is 2.33. The second kappa shape index (κ2) is 8.07. The summed E-state index contributed by atoms with van der Waals surface area (Å²) in [7, 11) is 0. The molecule has 2 unspecified atom stereocenters. The topological polar surface area (TPSA) is 91.3 Å². The Morgan fingerprint density at radius 2 is 1.57 bits per heavy atom. The summed E-state index contributed by atoms with van der Waals surface area (Å²) in [5.74, 6) is 0. The SMILES string of the molecule is CC(C)(C)OC(=O)OC1CCCCC1OC(=O)OCCO. The maximum absolute atomic E-state index is 11.7. The normalized spacial score (nSPS) is 22.3. The van der Waals surface area contributed by atoms with E-state index in [0.717, 1.165) is 12.8 Å². The van der Waals surface area contributed by atoms with Crippen LogP contribution in [0.25, 0.3) is 0 Å². The van der Waals surface area contributed by atoms with E-state index in [-0.39, 0.29) is 13.2 Å². The molecule has 122 valence electrons. The van der Waals surface area contributed by atoms with Crippen molar-refractivity contribution < 1.29 is 33.6 Å². The second-order valence-electron chi connectivity index (χ2n) is 5.88. The smallest absolute Gasteiger partial charge is 0.432 e. The first-order valence-corrected chi connectivity index (χ1v) is 7.16. The number of aliphatic hydroxyl groups excluding tert-OH is 1. The Morgan fingerprint density at radius 1 is 1.05 bits per heavy atom. The largest absolute Gasteiger partial charge is 0.509 e. The minimum absolute atomic E-state index is 0.122. The molecule has 21 heavy (non-hydrogen) atoms. The molecular formula is C14H24O7. The second-order valence-corrected chi connectivity index (χ2v) is 5.88. The first-order chi connectivity index (χ1) is 9.81. The highest BCUT2D eigenvalue weighted by Crippen LogP contribution is 2.25. The monoisotopic (exact) mass is 304 g/mol. The first-order valence-electron chi connectivity index (χ1n) is 7.16. The standard InChI is InChI=1S/C14H24O7/c1-14(2,3)21-13(17)20-11-7-5-4-6-10(11)19-12(16)18-9-8-15/h10-11,15H,4-9H2,1-3H3. The highest BCUT2D eigenvalue weighted by atomic mass is 16.8. The van der Waals surface area contributed by atoms with Gasteiger partial charge in [-0.1, -0.05) is 0 Å². The summed E-state index contributed by atoms with van der Waals surface area (Å²) in [5, 5.41) is 8.58. The van der Waals surface area contributed by atoms with Gasteiger partial charge >= 0.3 is 12.3 Å². The van der Waals surface area contributed by atoms with Gasteiger partial charge in [-0.15, -0.1) is 0 Å². The molecule has 7 nitrogen and oxygen atoms in total. The maximum Gasteiger partial charge on any atom is 0.509 e. The van der Waals surface area contributed by atoms with E-state index in [1.54, 1.807) is 20.8 Å². The van der Waals surface area contributed by atoms with E-state index in [0.29, 0.717) is 12.8 Å². The van der Waals surface area contributed by atoms with Crippen molar-refractivity contribution in [1.29, 1.82) is 0 Å². The van der Waals surface area contributed by atoms with Crippen molar-refractivity contribution >= 4 is 12.3 Å². The van der Waals surface area contributed by atoms with Gasteiger partial charge in [0.2, 0.25) is 0 Å². The molecule has 1 saturated carbocycles. The lowest BCUT2D eigenvalue weighted by atomic mass is 9.95. The number of hydrogen-bond donors (Lipinski definition) is 1. The van der Waals surface area contributed by atoms with Crippen LogP contribution in [0.5, 0.6) is 0 Å². The molecule has 0 saturated heterocycles. The van der Waals surface area contributed by atoms with E-state index in [1.807, 2.05) is 0 Å². The quantitative estimate of drug-likeness (QED) is 0.797. The molecule has 1 fully saturated rings. The molecule has 7 heteroatoms. The maximum atomic E-state index is 11.7. The fraction of sp³-hybridized carbons (Fsp3) is 0.857. The number of hydrogen-bond acceptors (Lipinski definition) is 7. The van der Waals surface area contributed by atoms with Gasteiger partial charge in [0, 0.05) is 0 Å². The number of rotatable bonds is 4. The average Bonchev–Trinajstić information content (AvgIpc) is 2.36. The molecule has 1 N–H and O–H groups in total. The minimum Gasteiger partial charge on any atom is -0.432 e. The molecule has 0 aliphatic heterocycles. The van der Waals surface area contributed by atoms with E-state index in [9.17, 15) is 9.59 Å². The summed E-state index contributed by atoms with van der Waals surface area (Å²) >= 11 is 0. The van der Waals surface area contributed by atoms with Crippen LogP contribution in [0.15, 0.2) is 0 Å². The van der Waals surface area contributed by atoms with Gasteiger partial charge in [0.25, 0.3) is 0 Å². The van der Waals surface area contributed by atoms with Gasteiger partial charge in [-0.05, 0) is 46.5 Å². The third-order valence-electron chi connectivity index (χ3n) is 2.84. The highest BCUT2D eigenvalue weighted by molar-refractivity contribution is 5.61. The van der Waals surface area contributed by atoms with Crippen LogP contribution in [0.2, 0.25) is 0 Å². The summed E-state index contributed by atoms with van der Waals surface area (Å²) < 4.78 is 20.1. The molecule has 1 aliphatic carbocycles. The Balaban J connectivity index is 2.49. The van der Waals surface area contributed by atoms with Crippen molar-refractivity contribution in [2.24, 2.45) is 0 Å². The van der Waals surface area contributed by atoms with Crippen LogP contribution in [0.1, 0.15) is 46.5 Å². The van der Waals surface area contributed by atoms with Crippen molar-refractivity contribution in [3.63, 3.8) is 0 Å². The molecule has 0 aromatic heterocycles. The van der Waals surface area contributed by atoms with Gasteiger partial charge in [0.15, 0.2) is 0 Å². The van der Waals surface area contributed by atoms with Crippen molar-refractivity contribution in [1.82, 2.24) is 0 Å². The first kappa shape index (κ1) is 17.6. The number of carbonyl (C=O) groups is 2. The van der Waals surface area contributed by atoms with Gasteiger partial charge < -0.3 is 24.1 Å². The summed E-state index contributed by atoms with van der Waals surface area (Å²) in [6.45, 7) is 4.85. The van der Waals surface area contributed by atoms with Crippen LogP contribution >= 0.6 is 0 Å². The van der Waals surface area contributed by atoms with Gasteiger partial charge in [0.05, 0.1) is 6.61 Å². The van der Waals surface area contributed by atoms with Gasteiger partial charge in [-0.2, -0.15) is 0 Å². The Hall–Kier alpha value is -1.50. The molecule has 0 aromatic carbocycles. The van der Waals surface area contributed by atoms with Crippen LogP contribution in [0.4, 0.5) is 9.59 Å². The zero-order valence-electron chi connectivity index (χ0n) is 12.8. The third kappa shape index (κ3) is 7.17.